The van der Waals surface area contributed by atoms with E-state index in [1.54, 1.807) is 0 Å². The lowest BCUT2D eigenvalue weighted by molar-refractivity contribution is -0.117. The van der Waals surface area contributed by atoms with E-state index in [9.17, 15) is 9.59 Å². The number of halogens is 2. The zero-order chi connectivity index (χ0) is 21.6. The molecule has 2 amide bonds. The molecule has 0 radical (unpaired) electrons. The molecule has 6 heteroatoms. The number of carbonyl (C=O) groups excluding carboxylic acids is 2. The Kier molecular flexibility index (Phi) is 8.12. The Morgan fingerprint density at radius 2 is 1.17 bits per heavy atom. The highest BCUT2D eigenvalue weighted by molar-refractivity contribution is 6.34. The van der Waals surface area contributed by atoms with Gasteiger partial charge in [0.05, 0.1) is 21.4 Å². The second-order valence-corrected chi connectivity index (χ2v) is 8.43. The van der Waals surface area contributed by atoms with E-state index >= 15 is 0 Å². The zero-order valence-electron chi connectivity index (χ0n) is 17.4. The number of anilines is 2. The van der Waals surface area contributed by atoms with Gasteiger partial charge in [0.1, 0.15) is 0 Å². The maximum Gasteiger partial charge on any atom is 0.224 e. The number of hydrogen-bond donors (Lipinski definition) is 2. The summed E-state index contributed by atoms with van der Waals surface area (Å²) in [6.07, 6.45) is 2.49. The largest absolute Gasteiger partial charge is 0.325 e. The molecule has 0 atom stereocenters. The van der Waals surface area contributed by atoms with Crippen molar-refractivity contribution in [3.05, 3.63) is 57.6 Å². The van der Waals surface area contributed by atoms with Crippen LogP contribution in [0, 0.1) is 0 Å². The van der Waals surface area contributed by atoms with Gasteiger partial charge in [-0.1, -0.05) is 63.0 Å². The summed E-state index contributed by atoms with van der Waals surface area (Å²) in [6.45, 7) is 8.07. The fourth-order valence-corrected chi connectivity index (χ4v) is 3.51. The van der Waals surface area contributed by atoms with Crippen LogP contribution in [0.2, 0.25) is 10.0 Å². The summed E-state index contributed by atoms with van der Waals surface area (Å²) in [4.78, 5) is 23.7. The second-order valence-electron chi connectivity index (χ2n) is 7.61. The quantitative estimate of drug-likeness (QED) is 0.479. The first-order chi connectivity index (χ1) is 13.7. The van der Waals surface area contributed by atoms with Crippen LogP contribution in [0.3, 0.4) is 0 Å². The number of carbonyl (C=O) groups is 2. The average Bonchev–Trinajstić information content (AvgIpc) is 2.65. The van der Waals surface area contributed by atoms with E-state index in [0.29, 0.717) is 34.3 Å². The first-order valence-electron chi connectivity index (χ1n) is 9.88. The van der Waals surface area contributed by atoms with E-state index < -0.39 is 0 Å². The molecule has 2 N–H and O–H groups in total. The molecule has 2 aromatic carbocycles. The van der Waals surface area contributed by atoms with Gasteiger partial charge < -0.3 is 10.6 Å². The molecule has 0 bridgehead atoms. The first-order valence-corrected chi connectivity index (χ1v) is 10.6. The Labute approximate surface area is 183 Å². The van der Waals surface area contributed by atoms with Crippen LogP contribution in [-0.2, 0) is 15.0 Å². The molecule has 0 aromatic heterocycles. The average molecular weight is 435 g/mol. The fourth-order valence-electron chi connectivity index (χ4n) is 3.06. The fraction of sp³-hybridized carbons (Fsp3) is 0.391. The van der Waals surface area contributed by atoms with Crippen molar-refractivity contribution in [3.8, 4) is 0 Å². The lowest BCUT2D eigenvalue weighted by atomic mass is 9.78. The molecule has 0 heterocycles. The van der Waals surface area contributed by atoms with Crippen molar-refractivity contribution in [3.63, 3.8) is 0 Å². The van der Waals surface area contributed by atoms with Crippen molar-refractivity contribution in [1.29, 1.82) is 0 Å². The number of nitrogens with one attached hydrogen (secondary N) is 2. The minimum absolute atomic E-state index is 0.0473. The van der Waals surface area contributed by atoms with Crippen molar-refractivity contribution >= 4 is 46.4 Å². The van der Waals surface area contributed by atoms with Gasteiger partial charge >= 0.3 is 0 Å². The molecule has 29 heavy (non-hydrogen) atoms. The summed E-state index contributed by atoms with van der Waals surface area (Å²) in [5.41, 5.74) is 2.84. The molecule has 0 aliphatic carbocycles. The topological polar surface area (TPSA) is 58.2 Å². The third-order valence-corrected chi connectivity index (χ3v) is 5.51. The number of benzene rings is 2. The van der Waals surface area contributed by atoms with Crippen molar-refractivity contribution < 1.29 is 9.59 Å². The molecule has 0 fully saturated rings. The standard InChI is InChI=1S/C23H28Cl2N2O2/c1-5-7-21(28)26-19-11-9-15(13-17(19)24)23(3,4)16-10-12-20(18(25)14-16)27-22(29)8-6-2/h9-14H,5-8H2,1-4H3,(H,26,28)(H,27,29). The van der Waals surface area contributed by atoms with Crippen LogP contribution in [0.4, 0.5) is 11.4 Å². The molecule has 2 aromatic rings. The summed E-state index contributed by atoms with van der Waals surface area (Å²) in [5, 5.41) is 6.67. The summed E-state index contributed by atoms with van der Waals surface area (Å²) < 4.78 is 0. The minimum Gasteiger partial charge on any atom is -0.325 e. The predicted molar refractivity (Wildman–Crippen MR) is 122 cm³/mol. The van der Waals surface area contributed by atoms with Crippen LogP contribution < -0.4 is 10.6 Å². The first kappa shape index (κ1) is 23.2. The molecule has 0 spiro atoms. The van der Waals surface area contributed by atoms with E-state index in [1.165, 1.54) is 0 Å². The molecule has 0 aliphatic heterocycles. The molecule has 4 nitrogen and oxygen atoms in total. The van der Waals surface area contributed by atoms with Crippen LogP contribution in [-0.4, -0.2) is 11.8 Å². The summed E-state index contributed by atoms with van der Waals surface area (Å²) in [5.74, 6) is -0.0946. The van der Waals surface area contributed by atoms with Gasteiger partial charge in [0.2, 0.25) is 11.8 Å². The number of amides is 2. The summed E-state index contributed by atoms with van der Waals surface area (Å²) in [7, 11) is 0. The highest BCUT2D eigenvalue weighted by Gasteiger charge is 2.25. The molecule has 156 valence electrons. The molecular formula is C23H28Cl2N2O2. The Bertz CT molecular complexity index is 823. The van der Waals surface area contributed by atoms with Gasteiger partial charge in [-0.3, -0.25) is 9.59 Å². The maximum absolute atomic E-state index is 11.8. The molecule has 0 saturated heterocycles. The van der Waals surface area contributed by atoms with Gasteiger partial charge in [-0.15, -0.1) is 0 Å². The summed E-state index contributed by atoms with van der Waals surface area (Å²) >= 11 is 12.8. The molecule has 2 rings (SSSR count). The second kappa shape index (κ2) is 10.1. The smallest absolute Gasteiger partial charge is 0.224 e. The molecular weight excluding hydrogens is 407 g/mol. The maximum atomic E-state index is 11.8. The summed E-state index contributed by atoms with van der Waals surface area (Å²) in [6, 6.07) is 11.3. The van der Waals surface area contributed by atoms with Crippen LogP contribution >= 0.6 is 23.2 Å². The van der Waals surface area contributed by atoms with E-state index in [1.807, 2.05) is 50.2 Å². The van der Waals surface area contributed by atoms with Gasteiger partial charge in [-0.05, 0) is 48.2 Å². The van der Waals surface area contributed by atoms with Gasteiger partial charge in [0.15, 0.2) is 0 Å². The van der Waals surface area contributed by atoms with E-state index in [4.69, 9.17) is 23.2 Å². The third-order valence-electron chi connectivity index (χ3n) is 4.88. The minimum atomic E-state index is -0.370. The number of rotatable bonds is 8. The molecule has 0 saturated carbocycles. The Balaban J connectivity index is 2.25. The predicted octanol–water partition coefficient (Wildman–Crippen LogP) is 6.80. The van der Waals surface area contributed by atoms with Crippen LogP contribution in [0.1, 0.15) is 64.5 Å². The highest BCUT2D eigenvalue weighted by atomic mass is 35.5. The molecule has 0 unspecified atom stereocenters. The lowest BCUT2D eigenvalue weighted by Crippen LogP contribution is -2.20. The monoisotopic (exact) mass is 434 g/mol. The molecule has 0 aliphatic rings. The van der Waals surface area contributed by atoms with Crippen molar-refractivity contribution in [1.82, 2.24) is 0 Å². The lowest BCUT2D eigenvalue weighted by Gasteiger charge is -2.27. The van der Waals surface area contributed by atoms with Gasteiger partial charge in [0.25, 0.3) is 0 Å². The van der Waals surface area contributed by atoms with E-state index in [0.717, 1.165) is 24.0 Å². The Morgan fingerprint density at radius 3 is 1.48 bits per heavy atom. The van der Waals surface area contributed by atoms with Crippen molar-refractivity contribution in [2.75, 3.05) is 10.6 Å². The Morgan fingerprint density at radius 1 is 0.793 bits per heavy atom. The van der Waals surface area contributed by atoms with Gasteiger partial charge in [-0.25, -0.2) is 0 Å². The van der Waals surface area contributed by atoms with Crippen LogP contribution in [0.5, 0.6) is 0 Å². The van der Waals surface area contributed by atoms with Crippen molar-refractivity contribution in [2.45, 2.75) is 58.8 Å². The normalized spacial score (nSPS) is 11.2. The third kappa shape index (κ3) is 5.97. The van der Waals surface area contributed by atoms with Crippen LogP contribution in [0.25, 0.3) is 0 Å². The van der Waals surface area contributed by atoms with Crippen LogP contribution in [0.15, 0.2) is 36.4 Å². The SMILES string of the molecule is CCCC(=O)Nc1ccc(C(C)(C)c2ccc(NC(=O)CCC)c(Cl)c2)cc1Cl. The van der Waals surface area contributed by atoms with E-state index in [2.05, 4.69) is 24.5 Å². The number of hydrogen-bond acceptors (Lipinski definition) is 2. The van der Waals surface area contributed by atoms with Gasteiger partial charge in [-0.2, -0.15) is 0 Å². The highest BCUT2D eigenvalue weighted by Crippen LogP contribution is 2.37. The zero-order valence-corrected chi connectivity index (χ0v) is 18.9. The van der Waals surface area contributed by atoms with Crippen molar-refractivity contribution in [2.24, 2.45) is 0 Å². The van der Waals surface area contributed by atoms with Gasteiger partial charge in [0, 0.05) is 18.3 Å². The van der Waals surface area contributed by atoms with E-state index in [-0.39, 0.29) is 17.2 Å². The Hall–Kier alpha value is -2.04.